The molecule has 2 rings (SSSR count). The Hall–Kier alpha value is -1.01. The lowest BCUT2D eigenvalue weighted by Crippen LogP contribution is -2.32. The number of carbonyl (C=O) groups is 1. The van der Waals surface area contributed by atoms with Gasteiger partial charge in [0, 0.05) is 0 Å². The number of rotatable bonds is 5. The number of carbonyl (C=O) groups excluding carboxylic acids is 1. The summed E-state index contributed by atoms with van der Waals surface area (Å²) in [6.45, 7) is 3.71. The highest BCUT2D eigenvalue weighted by Gasteiger charge is 2.41. The first-order chi connectivity index (χ1) is 8.01. The van der Waals surface area contributed by atoms with Crippen LogP contribution in [-0.4, -0.2) is 26.8 Å². The lowest BCUT2D eigenvalue weighted by atomic mass is 9.96. The minimum atomic E-state index is -0.887. The van der Waals surface area contributed by atoms with Crippen molar-refractivity contribution in [1.29, 1.82) is 0 Å². The minimum Gasteiger partial charge on any atom is -0.389 e. The van der Waals surface area contributed by atoms with Crippen molar-refractivity contribution in [3.8, 4) is 0 Å². The summed E-state index contributed by atoms with van der Waals surface area (Å²) in [5.41, 5.74) is -0.887. The maximum absolute atomic E-state index is 11.7. The van der Waals surface area contributed by atoms with Crippen molar-refractivity contribution in [2.24, 2.45) is 5.92 Å². The molecule has 1 aromatic rings. The van der Waals surface area contributed by atoms with Crippen LogP contribution in [0.2, 0.25) is 0 Å². The van der Waals surface area contributed by atoms with Gasteiger partial charge in [0.1, 0.15) is 5.01 Å². The number of hydrogen-bond donors (Lipinski definition) is 2. The minimum absolute atomic E-state index is 0.124. The summed E-state index contributed by atoms with van der Waals surface area (Å²) in [4.78, 5) is 11.7. The largest absolute Gasteiger partial charge is 0.389 e. The average Bonchev–Trinajstić information content (AvgIpc) is 3.01. The summed E-state index contributed by atoms with van der Waals surface area (Å²) in [5.74, 6) is 0.0783. The van der Waals surface area contributed by atoms with E-state index in [9.17, 15) is 9.90 Å². The van der Waals surface area contributed by atoms with Gasteiger partial charge >= 0.3 is 0 Å². The van der Waals surface area contributed by atoms with Crippen LogP contribution in [0.25, 0.3) is 0 Å². The fourth-order valence-electron chi connectivity index (χ4n) is 1.79. The molecule has 1 aliphatic carbocycles. The van der Waals surface area contributed by atoms with Crippen LogP contribution >= 0.6 is 11.3 Å². The van der Waals surface area contributed by atoms with E-state index >= 15 is 0 Å². The molecule has 2 N–H and O–H groups in total. The first-order valence-electron chi connectivity index (χ1n) is 5.86. The van der Waals surface area contributed by atoms with Crippen molar-refractivity contribution < 1.29 is 9.90 Å². The molecule has 17 heavy (non-hydrogen) atoms. The topological polar surface area (TPSA) is 75.1 Å². The van der Waals surface area contributed by atoms with Crippen LogP contribution in [0.1, 0.15) is 38.1 Å². The highest BCUT2D eigenvalue weighted by molar-refractivity contribution is 7.15. The number of aliphatic hydroxyl groups is 1. The van der Waals surface area contributed by atoms with Gasteiger partial charge in [-0.15, -0.1) is 10.2 Å². The van der Waals surface area contributed by atoms with Gasteiger partial charge in [-0.3, -0.25) is 4.79 Å². The van der Waals surface area contributed by atoms with Crippen molar-refractivity contribution in [3.63, 3.8) is 0 Å². The third kappa shape index (κ3) is 3.23. The molecular weight excluding hydrogens is 238 g/mol. The quantitative estimate of drug-likeness (QED) is 0.837. The standard InChI is InChI=1S/C11H17N3O2S/c1-3-9-13-14-10(17-9)12-8(15)6-11(2,16)7-4-5-7/h7,16H,3-6H2,1-2H3,(H,12,14,15). The van der Waals surface area contributed by atoms with Crippen molar-refractivity contribution in [2.75, 3.05) is 5.32 Å². The first-order valence-corrected chi connectivity index (χ1v) is 6.67. The van der Waals surface area contributed by atoms with Gasteiger partial charge in [-0.2, -0.15) is 0 Å². The maximum atomic E-state index is 11.7. The van der Waals surface area contributed by atoms with E-state index in [0.717, 1.165) is 24.3 Å². The number of anilines is 1. The molecule has 0 spiro atoms. The highest BCUT2D eigenvalue weighted by atomic mass is 32.1. The summed E-state index contributed by atoms with van der Waals surface area (Å²) in [7, 11) is 0. The summed E-state index contributed by atoms with van der Waals surface area (Å²) in [6, 6.07) is 0. The van der Waals surface area contributed by atoms with E-state index in [4.69, 9.17) is 0 Å². The molecule has 1 aliphatic rings. The number of nitrogens with one attached hydrogen (secondary N) is 1. The zero-order valence-corrected chi connectivity index (χ0v) is 10.9. The van der Waals surface area contributed by atoms with E-state index < -0.39 is 5.60 Å². The predicted molar refractivity (Wildman–Crippen MR) is 65.9 cm³/mol. The summed E-state index contributed by atoms with van der Waals surface area (Å²) in [5, 5.41) is 21.9. The number of nitrogens with zero attached hydrogens (tertiary/aromatic N) is 2. The number of aryl methyl sites for hydroxylation is 1. The molecule has 1 amide bonds. The molecule has 1 aromatic heterocycles. The molecule has 0 saturated heterocycles. The van der Waals surface area contributed by atoms with Crippen molar-refractivity contribution >= 4 is 22.4 Å². The molecule has 1 fully saturated rings. The van der Waals surface area contributed by atoms with Gasteiger partial charge in [-0.25, -0.2) is 0 Å². The Kier molecular flexibility index (Phi) is 3.44. The van der Waals surface area contributed by atoms with Crippen LogP contribution in [0.5, 0.6) is 0 Å². The smallest absolute Gasteiger partial charge is 0.229 e. The van der Waals surface area contributed by atoms with E-state index in [1.165, 1.54) is 11.3 Å². The zero-order chi connectivity index (χ0) is 12.5. The second-order valence-corrected chi connectivity index (χ2v) is 5.77. The third-order valence-corrected chi connectivity index (χ3v) is 3.97. The number of amides is 1. The maximum Gasteiger partial charge on any atom is 0.229 e. The Morgan fingerprint density at radius 1 is 1.59 bits per heavy atom. The Balaban J connectivity index is 1.88. The molecular formula is C11H17N3O2S. The Morgan fingerprint density at radius 2 is 2.29 bits per heavy atom. The fraction of sp³-hybridized carbons (Fsp3) is 0.727. The van der Waals surface area contributed by atoms with Gasteiger partial charge < -0.3 is 10.4 Å². The zero-order valence-electron chi connectivity index (χ0n) is 10.1. The van der Waals surface area contributed by atoms with Gasteiger partial charge in [0.05, 0.1) is 12.0 Å². The molecule has 1 unspecified atom stereocenters. The van der Waals surface area contributed by atoms with Crippen molar-refractivity contribution in [2.45, 2.75) is 45.1 Å². The monoisotopic (exact) mass is 255 g/mol. The number of hydrogen-bond acceptors (Lipinski definition) is 5. The molecule has 5 nitrogen and oxygen atoms in total. The molecule has 0 aromatic carbocycles. The average molecular weight is 255 g/mol. The second-order valence-electron chi connectivity index (χ2n) is 4.71. The summed E-state index contributed by atoms with van der Waals surface area (Å²) >= 11 is 1.38. The fourth-order valence-corrected chi connectivity index (χ4v) is 2.48. The molecule has 0 bridgehead atoms. The summed E-state index contributed by atoms with van der Waals surface area (Å²) in [6.07, 6.45) is 2.96. The third-order valence-electron chi connectivity index (χ3n) is 2.99. The first kappa shape index (κ1) is 12.4. The summed E-state index contributed by atoms with van der Waals surface area (Å²) < 4.78 is 0. The van der Waals surface area contributed by atoms with Gasteiger partial charge in [0.2, 0.25) is 11.0 Å². The van der Waals surface area contributed by atoms with Crippen LogP contribution in [0, 0.1) is 5.92 Å². The molecule has 1 atom stereocenters. The highest BCUT2D eigenvalue weighted by Crippen LogP contribution is 2.41. The van der Waals surface area contributed by atoms with Crippen LogP contribution in [0.4, 0.5) is 5.13 Å². The molecule has 1 saturated carbocycles. The van der Waals surface area contributed by atoms with E-state index in [-0.39, 0.29) is 18.2 Å². The number of aromatic nitrogens is 2. The Labute approximate surface area is 104 Å². The Bertz CT molecular complexity index is 413. The SMILES string of the molecule is CCc1nnc(NC(=O)CC(C)(O)C2CC2)s1. The van der Waals surface area contributed by atoms with Crippen LogP contribution < -0.4 is 5.32 Å². The van der Waals surface area contributed by atoms with Gasteiger partial charge in [-0.05, 0) is 32.1 Å². The Morgan fingerprint density at radius 3 is 2.82 bits per heavy atom. The lowest BCUT2D eigenvalue weighted by molar-refractivity contribution is -0.121. The van der Waals surface area contributed by atoms with Crippen molar-refractivity contribution in [1.82, 2.24) is 10.2 Å². The van der Waals surface area contributed by atoms with E-state index in [1.807, 2.05) is 6.92 Å². The molecule has 0 aliphatic heterocycles. The molecule has 1 heterocycles. The van der Waals surface area contributed by atoms with Crippen LogP contribution in [-0.2, 0) is 11.2 Å². The molecule has 94 valence electrons. The lowest BCUT2D eigenvalue weighted by Gasteiger charge is -2.21. The van der Waals surface area contributed by atoms with E-state index in [1.54, 1.807) is 6.92 Å². The van der Waals surface area contributed by atoms with Gasteiger partial charge in [0.25, 0.3) is 0 Å². The van der Waals surface area contributed by atoms with Crippen molar-refractivity contribution in [3.05, 3.63) is 5.01 Å². The normalized spacial score (nSPS) is 18.8. The van der Waals surface area contributed by atoms with E-state index in [0.29, 0.717) is 5.13 Å². The predicted octanol–water partition coefficient (Wildman–Crippen LogP) is 1.59. The van der Waals surface area contributed by atoms with Gasteiger partial charge in [-0.1, -0.05) is 18.3 Å². The molecule has 6 heteroatoms. The van der Waals surface area contributed by atoms with Crippen LogP contribution in [0.15, 0.2) is 0 Å². The molecule has 0 radical (unpaired) electrons. The van der Waals surface area contributed by atoms with E-state index in [2.05, 4.69) is 15.5 Å². The van der Waals surface area contributed by atoms with Crippen LogP contribution in [0.3, 0.4) is 0 Å². The van der Waals surface area contributed by atoms with Gasteiger partial charge in [0.15, 0.2) is 0 Å². The second kappa shape index (κ2) is 4.70.